The van der Waals surface area contributed by atoms with Crippen LogP contribution in [0.15, 0.2) is 40.0 Å². The molecule has 27 heavy (non-hydrogen) atoms. The van der Waals surface area contributed by atoms with E-state index in [-0.39, 0.29) is 29.4 Å². The maximum Gasteiger partial charge on any atom is 0.277 e. The topological polar surface area (TPSA) is 102 Å². The summed E-state index contributed by atoms with van der Waals surface area (Å²) in [6.45, 7) is 0. The summed E-state index contributed by atoms with van der Waals surface area (Å²) in [6.07, 6.45) is 3.13. The maximum atomic E-state index is 12.7. The predicted octanol–water partition coefficient (Wildman–Crippen LogP) is 2.16. The highest BCUT2D eigenvalue weighted by atomic mass is 32.2. The van der Waals surface area contributed by atoms with Crippen LogP contribution in [-0.2, 0) is 21.1 Å². The van der Waals surface area contributed by atoms with Crippen LogP contribution in [0.3, 0.4) is 0 Å². The van der Waals surface area contributed by atoms with E-state index in [1.165, 1.54) is 11.8 Å². The van der Waals surface area contributed by atoms with Gasteiger partial charge in [-0.25, -0.2) is 8.42 Å². The van der Waals surface area contributed by atoms with Crippen LogP contribution in [0, 0.1) is 5.92 Å². The summed E-state index contributed by atoms with van der Waals surface area (Å²) in [5.74, 6) is 0.791. The third-order valence-corrected chi connectivity index (χ3v) is 7.65. The molecule has 0 radical (unpaired) electrons. The Bertz CT molecular complexity index is 910. The molecule has 4 rings (SSSR count). The first-order valence-corrected chi connectivity index (χ1v) is 11.7. The van der Waals surface area contributed by atoms with E-state index in [9.17, 15) is 13.2 Å². The number of hydrogen-bond acceptors (Lipinski definition) is 7. The van der Waals surface area contributed by atoms with Crippen LogP contribution in [0.4, 0.5) is 0 Å². The Hall–Kier alpha value is -1.87. The summed E-state index contributed by atoms with van der Waals surface area (Å²) in [7, 11) is -2.93. The number of aromatic nitrogens is 2. The van der Waals surface area contributed by atoms with E-state index >= 15 is 0 Å². The summed E-state index contributed by atoms with van der Waals surface area (Å²) in [5.41, 5.74) is 0.877. The SMILES string of the molecule is O=C(NC1CC1)[C@@H](Sc1nnc(C[C@H]2CCS(=O)(=O)C2)o1)c1ccccc1. The van der Waals surface area contributed by atoms with E-state index in [4.69, 9.17) is 4.42 Å². The van der Waals surface area contributed by atoms with Gasteiger partial charge in [0.25, 0.3) is 5.22 Å². The van der Waals surface area contributed by atoms with Gasteiger partial charge in [0, 0.05) is 12.5 Å². The summed E-state index contributed by atoms with van der Waals surface area (Å²) in [6, 6.07) is 9.78. The van der Waals surface area contributed by atoms with Crippen molar-refractivity contribution in [3.8, 4) is 0 Å². The molecular weight excluding hydrogens is 386 g/mol. The molecule has 1 amide bonds. The molecule has 2 heterocycles. The number of sulfone groups is 1. The lowest BCUT2D eigenvalue weighted by Crippen LogP contribution is -2.29. The van der Waals surface area contributed by atoms with Crippen molar-refractivity contribution in [1.82, 2.24) is 15.5 Å². The number of thioether (sulfide) groups is 1. The van der Waals surface area contributed by atoms with Crippen molar-refractivity contribution >= 4 is 27.5 Å². The third-order valence-electron chi connectivity index (χ3n) is 4.72. The van der Waals surface area contributed by atoms with E-state index in [1.54, 1.807) is 0 Å². The molecule has 1 N–H and O–H groups in total. The molecule has 1 aromatic carbocycles. The average molecular weight is 408 g/mol. The summed E-state index contributed by atoms with van der Waals surface area (Å²) < 4.78 is 28.9. The van der Waals surface area contributed by atoms with Gasteiger partial charge in [0.15, 0.2) is 9.84 Å². The molecule has 2 atom stereocenters. The van der Waals surface area contributed by atoms with Gasteiger partial charge in [0.05, 0.1) is 11.5 Å². The van der Waals surface area contributed by atoms with Crippen LogP contribution < -0.4 is 5.32 Å². The first-order valence-electron chi connectivity index (χ1n) is 9.03. The smallest absolute Gasteiger partial charge is 0.277 e. The lowest BCUT2D eigenvalue weighted by atomic mass is 10.1. The summed E-state index contributed by atoms with van der Waals surface area (Å²) >= 11 is 1.23. The molecule has 1 aromatic heterocycles. The molecule has 0 unspecified atom stereocenters. The number of nitrogens with zero attached hydrogens (tertiary/aromatic N) is 2. The number of nitrogens with one attached hydrogen (secondary N) is 1. The van der Waals surface area contributed by atoms with Gasteiger partial charge in [-0.15, -0.1) is 10.2 Å². The Balaban J connectivity index is 1.45. The number of amides is 1. The number of carbonyl (C=O) groups is 1. The van der Waals surface area contributed by atoms with Crippen molar-refractivity contribution in [1.29, 1.82) is 0 Å². The Kier molecular flexibility index (Phi) is 5.23. The van der Waals surface area contributed by atoms with Crippen LogP contribution in [0.25, 0.3) is 0 Å². The molecule has 1 saturated carbocycles. The highest BCUT2D eigenvalue weighted by Crippen LogP contribution is 2.36. The van der Waals surface area contributed by atoms with E-state index in [1.807, 2.05) is 30.3 Å². The van der Waals surface area contributed by atoms with Crippen LogP contribution >= 0.6 is 11.8 Å². The quantitative estimate of drug-likeness (QED) is 0.702. The highest BCUT2D eigenvalue weighted by Gasteiger charge is 2.32. The van der Waals surface area contributed by atoms with Gasteiger partial charge >= 0.3 is 0 Å². The fourth-order valence-corrected chi connectivity index (χ4v) is 5.92. The van der Waals surface area contributed by atoms with Crippen molar-refractivity contribution in [2.75, 3.05) is 11.5 Å². The predicted molar refractivity (Wildman–Crippen MR) is 101 cm³/mol. The maximum absolute atomic E-state index is 12.7. The number of carbonyl (C=O) groups excluding carboxylic acids is 1. The fourth-order valence-electron chi connectivity index (χ4n) is 3.15. The van der Waals surface area contributed by atoms with Crippen molar-refractivity contribution in [2.45, 2.75) is 42.2 Å². The zero-order valence-corrected chi connectivity index (χ0v) is 16.3. The first-order chi connectivity index (χ1) is 13.0. The molecule has 7 nitrogen and oxygen atoms in total. The normalized spacial score (nSPS) is 22.4. The van der Waals surface area contributed by atoms with Gasteiger partial charge in [-0.05, 0) is 42.5 Å². The first kappa shape index (κ1) is 18.5. The zero-order valence-electron chi connectivity index (χ0n) is 14.7. The molecular formula is C18H21N3O4S2. The minimum absolute atomic E-state index is 0.0244. The number of hydrogen-bond donors (Lipinski definition) is 1. The fraction of sp³-hybridized carbons (Fsp3) is 0.500. The second-order valence-corrected chi connectivity index (χ2v) is 10.4. The average Bonchev–Trinajstić information content (AvgIpc) is 3.23. The minimum Gasteiger partial charge on any atom is -0.416 e. The van der Waals surface area contributed by atoms with Gasteiger partial charge in [-0.1, -0.05) is 30.3 Å². The Labute approximate surface area is 162 Å². The highest BCUT2D eigenvalue weighted by molar-refractivity contribution is 8.00. The van der Waals surface area contributed by atoms with E-state index in [0.29, 0.717) is 24.0 Å². The third kappa shape index (κ3) is 4.90. The molecule has 1 aliphatic carbocycles. The van der Waals surface area contributed by atoms with E-state index in [2.05, 4.69) is 15.5 Å². The molecule has 9 heteroatoms. The standard InChI is InChI=1S/C18H21N3O4S2/c22-17(19-14-6-7-14)16(13-4-2-1-3-5-13)26-18-21-20-15(25-18)10-12-8-9-27(23,24)11-12/h1-5,12,14,16H,6-11H2,(H,19,22)/t12-,16+/m1/s1. The monoisotopic (exact) mass is 407 g/mol. The Morgan fingerprint density at radius 3 is 2.67 bits per heavy atom. The zero-order chi connectivity index (χ0) is 18.9. The van der Waals surface area contributed by atoms with Gasteiger partial charge in [-0.3, -0.25) is 4.79 Å². The van der Waals surface area contributed by atoms with Gasteiger partial charge in [0.1, 0.15) is 5.25 Å². The summed E-state index contributed by atoms with van der Waals surface area (Å²) in [5, 5.41) is 11.0. The number of rotatable bonds is 7. The van der Waals surface area contributed by atoms with E-state index in [0.717, 1.165) is 18.4 Å². The largest absolute Gasteiger partial charge is 0.416 e. The van der Waals surface area contributed by atoms with Crippen LogP contribution in [0.5, 0.6) is 0 Å². The second-order valence-electron chi connectivity index (χ2n) is 7.13. The molecule has 144 valence electrons. The Morgan fingerprint density at radius 2 is 2.00 bits per heavy atom. The number of benzene rings is 1. The van der Waals surface area contributed by atoms with Crippen LogP contribution in [-0.4, -0.2) is 42.1 Å². The van der Waals surface area contributed by atoms with Gasteiger partial charge in [0.2, 0.25) is 11.8 Å². The van der Waals surface area contributed by atoms with Gasteiger partial charge in [-0.2, -0.15) is 0 Å². The Morgan fingerprint density at radius 1 is 1.22 bits per heavy atom. The minimum atomic E-state index is -2.93. The van der Waals surface area contributed by atoms with Crippen molar-refractivity contribution in [2.24, 2.45) is 5.92 Å². The molecule has 1 aliphatic heterocycles. The molecule has 2 aliphatic rings. The van der Waals surface area contributed by atoms with Crippen LogP contribution in [0.2, 0.25) is 0 Å². The van der Waals surface area contributed by atoms with E-state index < -0.39 is 15.1 Å². The van der Waals surface area contributed by atoms with Crippen molar-refractivity contribution < 1.29 is 17.6 Å². The lowest BCUT2D eigenvalue weighted by molar-refractivity contribution is -0.120. The molecule has 1 saturated heterocycles. The van der Waals surface area contributed by atoms with Crippen LogP contribution in [0.1, 0.15) is 36.0 Å². The molecule has 0 bridgehead atoms. The lowest BCUT2D eigenvalue weighted by Gasteiger charge is -2.14. The second kappa shape index (κ2) is 7.63. The van der Waals surface area contributed by atoms with Gasteiger partial charge < -0.3 is 9.73 Å². The molecule has 0 spiro atoms. The van der Waals surface area contributed by atoms with Crippen molar-refractivity contribution in [3.05, 3.63) is 41.8 Å². The molecule has 2 fully saturated rings. The van der Waals surface area contributed by atoms with Crippen molar-refractivity contribution in [3.63, 3.8) is 0 Å². The molecule has 2 aromatic rings. The summed E-state index contributed by atoms with van der Waals surface area (Å²) in [4.78, 5) is 12.7.